The number of aryl methyl sites for hydroxylation is 1. The Bertz CT molecular complexity index is 1020. The molecule has 0 radical (unpaired) electrons. The van der Waals surface area contributed by atoms with E-state index in [1.807, 2.05) is 50.2 Å². The van der Waals surface area contributed by atoms with Crippen molar-refractivity contribution < 1.29 is 19.1 Å². The predicted octanol–water partition coefficient (Wildman–Crippen LogP) is 5.22. The first kappa shape index (κ1) is 22.1. The summed E-state index contributed by atoms with van der Waals surface area (Å²) in [7, 11) is 0. The van der Waals surface area contributed by atoms with Gasteiger partial charge in [-0.15, -0.1) is 0 Å². The van der Waals surface area contributed by atoms with E-state index in [0.717, 1.165) is 33.1 Å². The largest absolute Gasteiger partial charge is 0.493 e. The van der Waals surface area contributed by atoms with Gasteiger partial charge < -0.3 is 10.1 Å². The number of ether oxygens (including phenoxy) is 1. The van der Waals surface area contributed by atoms with Gasteiger partial charge in [0, 0.05) is 15.7 Å². The van der Waals surface area contributed by atoms with Gasteiger partial charge in [0.25, 0.3) is 11.1 Å². The molecule has 0 atom stereocenters. The molecule has 1 heterocycles. The molecule has 1 saturated heterocycles. The van der Waals surface area contributed by atoms with Crippen molar-refractivity contribution in [3.8, 4) is 5.75 Å². The summed E-state index contributed by atoms with van der Waals surface area (Å²) in [6.45, 7) is 4.12. The van der Waals surface area contributed by atoms with E-state index < -0.39 is 17.1 Å². The molecule has 8 heteroatoms. The predicted molar refractivity (Wildman–Crippen MR) is 122 cm³/mol. The summed E-state index contributed by atoms with van der Waals surface area (Å²) in [5.74, 6) is -0.298. The second-order valence-corrected chi connectivity index (χ2v) is 8.62. The normalized spacial score (nSPS) is 15.0. The number of benzene rings is 2. The van der Waals surface area contributed by atoms with E-state index in [9.17, 15) is 14.4 Å². The average molecular weight is 489 g/mol. The molecule has 1 aliphatic rings. The van der Waals surface area contributed by atoms with Crippen molar-refractivity contribution in [3.05, 3.63) is 63.0 Å². The molecule has 0 aliphatic carbocycles. The Morgan fingerprint density at radius 3 is 2.77 bits per heavy atom. The molecule has 2 aromatic carbocycles. The van der Waals surface area contributed by atoms with E-state index in [1.54, 1.807) is 12.1 Å². The van der Waals surface area contributed by atoms with E-state index in [1.165, 1.54) is 0 Å². The van der Waals surface area contributed by atoms with Crippen LogP contribution in [0, 0.1) is 6.92 Å². The van der Waals surface area contributed by atoms with Gasteiger partial charge in [-0.3, -0.25) is 19.3 Å². The number of rotatable bonds is 7. The van der Waals surface area contributed by atoms with Gasteiger partial charge in [0.05, 0.1) is 11.5 Å². The molecule has 1 fully saturated rings. The summed E-state index contributed by atoms with van der Waals surface area (Å²) in [6, 6.07) is 12.8. The van der Waals surface area contributed by atoms with Gasteiger partial charge in [0.2, 0.25) is 5.91 Å². The van der Waals surface area contributed by atoms with Crippen LogP contribution in [0.1, 0.15) is 24.5 Å². The van der Waals surface area contributed by atoms with Gasteiger partial charge in [-0.2, -0.15) is 0 Å². The van der Waals surface area contributed by atoms with Crippen LogP contribution < -0.4 is 10.1 Å². The van der Waals surface area contributed by atoms with E-state index in [4.69, 9.17) is 4.74 Å². The third kappa shape index (κ3) is 5.52. The lowest BCUT2D eigenvalue weighted by atomic mass is 10.2. The minimum absolute atomic E-state index is 0.253. The van der Waals surface area contributed by atoms with Crippen molar-refractivity contribution in [2.24, 2.45) is 0 Å². The molecule has 6 nitrogen and oxygen atoms in total. The Morgan fingerprint density at radius 1 is 1.23 bits per heavy atom. The Morgan fingerprint density at radius 2 is 2.03 bits per heavy atom. The second-order valence-electron chi connectivity index (χ2n) is 6.72. The first-order chi connectivity index (χ1) is 14.4. The summed E-state index contributed by atoms with van der Waals surface area (Å²) in [4.78, 5) is 38.7. The Balaban J connectivity index is 1.74. The second kappa shape index (κ2) is 9.95. The topological polar surface area (TPSA) is 75.7 Å². The fourth-order valence-electron chi connectivity index (χ4n) is 2.82. The number of hydrogen-bond donors (Lipinski definition) is 1. The standard InChI is InChI=1S/C22H21BrN2O4S/c1-3-9-29-18-8-7-16(23)11-15(18)12-19-21(27)25(22(28)30-19)13-20(26)24-17-6-4-5-14(2)10-17/h4-8,10-12H,3,9,13H2,1-2H3,(H,24,26)/b19-12+. The smallest absolute Gasteiger partial charge is 0.294 e. The van der Waals surface area contributed by atoms with Crippen LogP contribution in [-0.2, 0) is 9.59 Å². The highest BCUT2D eigenvalue weighted by atomic mass is 79.9. The number of nitrogens with one attached hydrogen (secondary N) is 1. The molecule has 2 aromatic rings. The van der Waals surface area contributed by atoms with Crippen molar-refractivity contribution in [3.63, 3.8) is 0 Å². The fourth-order valence-corrected chi connectivity index (χ4v) is 4.03. The van der Waals surface area contributed by atoms with Gasteiger partial charge in [0.1, 0.15) is 12.3 Å². The maximum absolute atomic E-state index is 12.8. The SMILES string of the molecule is CCCOc1ccc(Br)cc1/C=C1/SC(=O)N(CC(=O)Nc2cccc(C)c2)C1=O. The number of imide groups is 1. The van der Waals surface area contributed by atoms with Gasteiger partial charge >= 0.3 is 0 Å². The Labute approximate surface area is 187 Å². The molecule has 1 N–H and O–H groups in total. The number of amides is 3. The molecular weight excluding hydrogens is 468 g/mol. The molecule has 0 saturated carbocycles. The Kier molecular flexibility index (Phi) is 7.33. The van der Waals surface area contributed by atoms with Gasteiger partial charge in [0.15, 0.2) is 0 Å². The Hall–Kier alpha value is -2.58. The number of nitrogens with zero attached hydrogens (tertiary/aromatic N) is 1. The quantitative estimate of drug-likeness (QED) is 0.540. The number of hydrogen-bond acceptors (Lipinski definition) is 5. The third-order valence-electron chi connectivity index (χ3n) is 4.20. The maximum atomic E-state index is 12.8. The molecule has 0 spiro atoms. The monoisotopic (exact) mass is 488 g/mol. The van der Waals surface area contributed by atoms with Crippen LogP contribution >= 0.6 is 27.7 Å². The lowest BCUT2D eigenvalue weighted by molar-refractivity contribution is -0.127. The summed E-state index contributed by atoms with van der Waals surface area (Å²) >= 11 is 4.23. The zero-order chi connectivity index (χ0) is 21.7. The summed E-state index contributed by atoms with van der Waals surface area (Å²) in [5.41, 5.74) is 2.30. The number of halogens is 1. The number of carbonyl (C=O) groups is 3. The highest BCUT2D eigenvalue weighted by Crippen LogP contribution is 2.34. The van der Waals surface area contributed by atoms with Crippen LogP contribution in [0.25, 0.3) is 6.08 Å². The summed E-state index contributed by atoms with van der Waals surface area (Å²) < 4.78 is 6.56. The van der Waals surface area contributed by atoms with Gasteiger partial charge in [-0.1, -0.05) is 35.0 Å². The molecule has 3 amide bonds. The molecule has 156 valence electrons. The lowest BCUT2D eigenvalue weighted by Crippen LogP contribution is -2.36. The summed E-state index contributed by atoms with van der Waals surface area (Å²) in [5, 5.41) is 2.24. The molecule has 0 bridgehead atoms. The first-order valence-electron chi connectivity index (χ1n) is 9.41. The molecule has 30 heavy (non-hydrogen) atoms. The van der Waals surface area contributed by atoms with Crippen LogP contribution in [-0.4, -0.2) is 35.1 Å². The minimum Gasteiger partial charge on any atom is -0.493 e. The van der Waals surface area contributed by atoms with Crippen molar-refractivity contribution in [1.82, 2.24) is 4.90 Å². The fraction of sp³-hybridized carbons (Fsp3) is 0.227. The maximum Gasteiger partial charge on any atom is 0.294 e. The van der Waals surface area contributed by atoms with E-state index in [2.05, 4.69) is 21.2 Å². The molecule has 0 unspecified atom stereocenters. The van der Waals surface area contributed by atoms with Crippen LogP contribution in [0.5, 0.6) is 5.75 Å². The van der Waals surface area contributed by atoms with E-state index in [0.29, 0.717) is 23.6 Å². The molecular formula is C22H21BrN2O4S. The van der Waals surface area contributed by atoms with Crippen molar-refractivity contribution >= 4 is 56.5 Å². The highest BCUT2D eigenvalue weighted by Gasteiger charge is 2.36. The first-order valence-corrected chi connectivity index (χ1v) is 11.0. The highest BCUT2D eigenvalue weighted by molar-refractivity contribution is 9.10. The van der Waals surface area contributed by atoms with Crippen molar-refractivity contribution in [1.29, 1.82) is 0 Å². The van der Waals surface area contributed by atoms with Crippen molar-refractivity contribution in [2.45, 2.75) is 20.3 Å². The van der Waals surface area contributed by atoms with Crippen LogP contribution in [0.4, 0.5) is 10.5 Å². The van der Waals surface area contributed by atoms with Crippen molar-refractivity contribution in [2.75, 3.05) is 18.5 Å². The number of thioether (sulfide) groups is 1. The number of anilines is 1. The lowest BCUT2D eigenvalue weighted by Gasteiger charge is -2.13. The minimum atomic E-state index is -0.495. The zero-order valence-electron chi connectivity index (χ0n) is 16.6. The average Bonchev–Trinajstić information content (AvgIpc) is 2.95. The third-order valence-corrected chi connectivity index (χ3v) is 5.60. The van der Waals surface area contributed by atoms with Gasteiger partial charge in [-0.25, -0.2) is 0 Å². The zero-order valence-corrected chi connectivity index (χ0v) is 19.0. The summed E-state index contributed by atoms with van der Waals surface area (Å²) in [6.07, 6.45) is 2.47. The molecule has 1 aliphatic heterocycles. The molecule has 3 rings (SSSR count). The molecule has 0 aromatic heterocycles. The van der Waals surface area contributed by atoms with E-state index >= 15 is 0 Å². The van der Waals surface area contributed by atoms with Crippen LogP contribution in [0.15, 0.2) is 51.8 Å². The van der Waals surface area contributed by atoms with E-state index in [-0.39, 0.29) is 11.4 Å². The van der Waals surface area contributed by atoms with Crippen LogP contribution in [0.2, 0.25) is 0 Å². The van der Waals surface area contributed by atoms with Gasteiger partial charge in [-0.05, 0) is 67.1 Å². The van der Waals surface area contributed by atoms with Crippen LogP contribution in [0.3, 0.4) is 0 Å². The number of carbonyl (C=O) groups excluding carboxylic acids is 3.